The molecule has 2 heterocycles. The van der Waals surface area contributed by atoms with Crippen LogP contribution in [0, 0.1) is 11.3 Å². The summed E-state index contributed by atoms with van der Waals surface area (Å²) in [5.74, 6) is -0.336. The van der Waals surface area contributed by atoms with Gasteiger partial charge in [-0.1, -0.05) is 22.0 Å². The van der Waals surface area contributed by atoms with E-state index in [9.17, 15) is 20.0 Å². The molecule has 5 rings (SSSR count). The van der Waals surface area contributed by atoms with Gasteiger partial charge in [0, 0.05) is 10.2 Å². The Morgan fingerprint density at radius 3 is 2.34 bits per heavy atom. The number of carbonyl (C=O) groups is 2. The predicted octanol–water partition coefficient (Wildman–Crippen LogP) is 4.64. The summed E-state index contributed by atoms with van der Waals surface area (Å²) >= 11 is 3.36. The highest BCUT2D eigenvalue weighted by molar-refractivity contribution is 9.10. The number of hydrogen-bond acceptors (Lipinski definition) is 5. The van der Waals surface area contributed by atoms with Crippen molar-refractivity contribution >= 4 is 51.0 Å². The lowest BCUT2D eigenvalue weighted by Crippen LogP contribution is -2.62. The summed E-state index contributed by atoms with van der Waals surface area (Å²) in [4.78, 5) is 29.4. The standard InChI is InChI=1S/C24H15BrN4O3/c25-16-3-5-18(6-4-16)29-23(31)20-12-15-2-1-14(13-26)11-21(15)28(22(20)27-24(29)32)17-7-9-19(30)10-8-17/h1-12,22,30H,(H,27,32). The molecule has 2 aliphatic rings. The van der Waals surface area contributed by atoms with Crippen LogP contribution in [0.4, 0.5) is 21.9 Å². The van der Waals surface area contributed by atoms with Gasteiger partial charge in [0.05, 0.1) is 28.6 Å². The fourth-order valence-electron chi connectivity index (χ4n) is 3.92. The van der Waals surface area contributed by atoms with Crippen molar-refractivity contribution in [2.45, 2.75) is 6.17 Å². The maximum absolute atomic E-state index is 13.5. The SMILES string of the molecule is N#Cc1ccc2c(c1)N(c1ccc(O)cc1)C1NC(=O)N(c3ccc(Br)cc3)C(=O)C1=C2. The van der Waals surface area contributed by atoms with Gasteiger partial charge in [0.25, 0.3) is 5.91 Å². The summed E-state index contributed by atoms with van der Waals surface area (Å²) in [5.41, 5.74) is 3.36. The summed E-state index contributed by atoms with van der Waals surface area (Å²) in [6.07, 6.45) is 0.971. The van der Waals surface area contributed by atoms with Crippen LogP contribution in [-0.4, -0.2) is 23.2 Å². The smallest absolute Gasteiger partial charge is 0.330 e. The van der Waals surface area contributed by atoms with E-state index < -0.39 is 18.1 Å². The van der Waals surface area contributed by atoms with Crippen molar-refractivity contribution in [2.24, 2.45) is 0 Å². The number of amides is 3. The van der Waals surface area contributed by atoms with Gasteiger partial charge in [-0.05, 0) is 72.3 Å². The van der Waals surface area contributed by atoms with E-state index in [2.05, 4.69) is 27.3 Å². The molecule has 3 amide bonds. The second-order valence-electron chi connectivity index (χ2n) is 7.34. The van der Waals surface area contributed by atoms with Crippen LogP contribution < -0.4 is 15.1 Å². The van der Waals surface area contributed by atoms with E-state index in [1.165, 1.54) is 12.1 Å². The van der Waals surface area contributed by atoms with Crippen LogP contribution >= 0.6 is 15.9 Å². The van der Waals surface area contributed by atoms with Crippen molar-refractivity contribution in [3.05, 3.63) is 87.9 Å². The minimum Gasteiger partial charge on any atom is -0.508 e. The number of benzene rings is 3. The fourth-order valence-corrected chi connectivity index (χ4v) is 4.18. The summed E-state index contributed by atoms with van der Waals surface area (Å²) in [5, 5.41) is 22.0. The molecule has 1 fully saturated rings. The minimum atomic E-state index is -0.771. The molecule has 0 saturated carbocycles. The third-order valence-electron chi connectivity index (χ3n) is 5.41. The van der Waals surface area contributed by atoms with Gasteiger partial charge in [0.1, 0.15) is 11.9 Å². The second-order valence-corrected chi connectivity index (χ2v) is 8.26. The zero-order valence-electron chi connectivity index (χ0n) is 16.5. The first-order valence-corrected chi connectivity index (χ1v) is 10.5. The Hall–Kier alpha value is -4.09. The molecule has 0 radical (unpaired) electrons. The number of imide groups is 1. The number of phenolic OH excluding ortho intramolecular Hbond substituents is 1. The van der Waals surface area contributed by atoms with Crippen molar-refractivity contribution in [3.63, 3.8) is 0 Å². The number of nitrogens with zero attached hydrogens (tertiary/aromatic N) is 3. The number of fused-ring (bicyclic) bond motifs is 2. The lowest BCUT2D eigenvalue weighted by Gasteiger charge is -2.43. The van der Waals surface area contributed by atoms with Crippen LogP contribution in [0.15, 0.2) is 76.8 Å². The van der Waals surface area contributed by atoms with Gasteiger partial charge in [-0.15, -0.1) is 0 Å². The molecular weight excluding hydrogens is 472 g/mol. The van der Waals surface area contributed by atoms with Crippen molar-refractivity contribution < 1.29 is 14.7 Å². The summed E-state index contributed by atoms with van der Waals surface area (Å²) in [6.45, 7) is 0. The molecule has 1 unspecified atom stereocenters. The zero-order valence-corrected chi connectivity index (χ0v) is 18.1. The highest BCUT2D eigenvalue weighted by Crippen LogP contribution is 2.41. The molecule has 0 aromatic heterocycles. The number of aromatic hydroxyl groups is 1. The van der Waals surface area contributed by atoms with E-state index >= 15 is 0 Å². The maximum Gasteiger partial charge on any atom is 0.330 e. The molecule has 3 aromatic carbocycles. The largest absolute Gasteiger partial charge is 0.508 e. The molecule has 1 atom stereocenters. The number of carbonyl (C=O) groups excluding carboxylic acids is 2. The molecule has 0 bridgehead atoms. The third-order valence-corrected chi connectivity index (χ3v) is 5.94. The first kappa shape index (κ1) is 19.8. The van der Waals surface area contributed by atoms with Crippen LogP contribution in [0.2, 0.25) is 0 Å². The molecule has 3 aromatic rings. The Morgan fingerprint density at radius 1 is 0.969 bits per heavy atom. The number of halogens is 1. The molecule has 1 saturated heterocycles. The first-order valence-electron chi connectivity index (χ1n) is 9.71. The molecule has 2 N–H and O–H groups in total. The molecule has 0 spiro atoms. The van der Waals surface area contributed by atoms with E-state index in [4.69, 9.17) is 0 Å². The van der Waals surface area contributed by atoms with Crippen LogP contribution in [0.3, 0.4) is 0 Å². The first-order chi connectivity index (χ1) is 15.5. The maximum atomic E-state index is 13.5. The van der Waals surface area contributed by atoms with Crippen LogP contribution in [-0.2, 0) is 4.79 Å². The van der Waals surface area contributed by atoms with Crippen molar-refractivity contribution in [1.82, 2.24) is 5.32 Å². The number of phenols is 1. The molecule has 156 valence electrons. The predicted molar refractivity (Wildman–Crippen MR) is 123 cm³/mol. The topological polar surface area (TPSA) is 96.7 Å². The summed E-state index contributed by atoms with van der Waals surface area (Å²) in [6, 6.07) is 20.1. The van der Waals surface area contributed by atoms with Gasteiger partial charge in [0.15, 0.2) is 0 Å². The van der Waals surface area contributed by atoms with Gasteiger partial charge in [-0.25, -0.2) is 9.69 Å². The molecular formula is C24H15BrN4O3. The quantitative estimate of drug-likeness (QED) is 0.549. The van der Waals surface area contributed by atoms with E-state index in [1.54, 1.807) is 65.6 Å². The Balaban J connectivity index is 1.66. The van der Waals surface area contributed by atoms with Gasteiger partial charge >= 0.3 is 6.03 Å². The molecule has 2 aliphatic heterocycles. The Morgan fingerprint density at radius 2 is 1.66 bits per heavy atom. The number of rotatable bonds is 2. The van der Waals surface area contributed by atoms with E-state index in [1.807, 2.05) is 0 Å². The number of nitriles is 1. The Kier molecular flexibility index (Phi) is 4.68. The van der Waals surface area contributed by atoms with Crippen LogP contribution in [0.5, 0.6) is 5.75 Å². The molecule has 8 heteroatoms. The molecule has 0 aliphatic carbocycles. The highest BCUT2D eigenvalue weighted by Gasteiger charge is 2.43. The summed E-state index contributed by atoms with van der Waals surface area (Å²) in [7, 11) is 0. The minimum absolute atomic E-state index is 0.0951. The lowest BCUT2D eigenvalue weighted by molar-refractivity contribution is -0.115. The average molecular weight is 487 g/mol. The molecule has 7 nitrogen and oxygen atoms in total. The molecule has 32 heavy (non-hydrogen) atoms. The lowest BCUT2D eigenvalue weighted by atomic mass is 9.95. The van der Waals surface area contributed by atoms with Crippen molar-refractivity contribution in [1.29, 1.82) is 5.26 Å². The highest BCUT2D eigenvalue weighted by atomic mass is 79.9. The normalized spacial score (nSPS) is 17.1. The van der Waals surface area contributed by atoms with E-state index in [0.717, 1.165) is 14.9 Å². The number of nitrogens with one attached hydrogen (secondary N) is 1. The van der Waals surface area contributed by atoms with Gasteiger partial charge < -0.3 is 15.3 Å². The number of urea groups is 1. The van der Waals surface area contributed by atoms with E-state index in [-0.39, 0.29) is 5.75 Å². The Labute approximate surface area is 191 Å². The van der Waals surface area contributed by atoms with Crippen molar-refractivity contribution in [2.75, 3.05) is 9.80 Å². The monoisotopic (exact) mass is 486 g/mol. The number of hydrogen-bond donors (Lipinski definition) is 2. The van der Waals surface area contributed by atoms with Crippen molar-refractivity contribution in [3.8, 4) is 11.8 Å². The fraction of sp³-hybridized carbons (Fsp3) is 0.0417. The van der Waals surface area contributed by atoms with E-state index in [0.29, 0.717) is 28.2 Å². The van der Waals surface area contributed by atoms with Crippen LogP contribution in [0.1, 0.15) is 11.1 Å². The average Bonchev–Trinajstić information content (AvgIpc) is 2.79. The van der Waals surface area contributed by atoms with Crippen LogP contribution in [0.25, 0.3) is 6.08 Å². The Bertz CT molecular complexity index is 1330. The van der Waals surface area contributed by atoms with Gasteiger partial charge in [0.2, 0.25) is 0 Å². The number of anilines is 3. The second kappa shape index (κ2) is 7.55. The third kappa shape index (κ3) is 3.20. The summed E-state index contributed by atoms with van der Waals surface area (Å²) < 4.78 is 0.835. The van der Waals surface area contributed by atoms with Gasteiger partial charge in [-0.2, -0.15) is 5.26 Å². The van der Waals surface area contributed by atoms with Gasteiger partial charge in [-0.3, -0.25) is 4.79 Å². The zero-order chi connectivity index (χ0) is 22.4.